The van der Waals surface area contributed by atoms with Crippen LogP contribution in [0.25, 0.3) is 0 Å². The van der Waals surface area contributed by atoms with E-state index < -0.39 is 5.97 Å². The molecule has 0 unspecified atom stereocenters. The van der Waals surface area contributed by atoms with Gasteiger partial charge >= 0.3 is 5.97 Å². The highest BCUT2D eigenvalue weighted by Crippen LogP contribution is 2.05. The lowest BCUT2D eigenvalue weighted by Crippen LogP contribution is -2.27. The van der Waals surface area contributed by atoms with E-state index in [4.69, 9.17) is 19.7 Å². The second kappa shape index (κ2) is 7.19. The third kappa shape index (κ3) is 9.17. The van der Waals surface area contributed by atoms with Crippen molar-refractivity contribution >= 4 is 11.9 Å². The van der Waals surface area contributed by atoms with Crippen LogP contribution in [0.5, 0.6) is 0 Å². The first-order valence-electron chi connectivity index (χ1n) is 4.66. The van der Waals surface area contributed by atoms with Crippen molar-refractivity contribution in [3.05, 3.63) is 0 Å². The monoisotopic (exact) mass is 219 g/mol. The minimum atomic E-state index is -0.833. The number of β-amino-alcohol motifs (C(OH)–C–C–N with tert-alkyl or cyclic N) is 1. The van der Waals surface area contributed by atoms with Crippen molar-refractivity contribution in [2.45, 2.75) is 32.4 Å². The van der Waals surface area contributed by atoms with E-state index >= 15 is 0 Å². The number of carbonyl (C=O) groups is 2. The van der Waals surface area contributed by atoms with Gasteiger partial charge in [-0.3, -0.25) is 9.59 Å². The highest BCUT2D eigenvalue weighted by Gasteiger charge is 2.22. The van der Waals surface area contributed by atoms with Crippen molar-refractivity contribution in [2.24, 2.45) is 0 Å². The number of aliphatic hydroxyl groups is 1. The molecule has 0 saturated carbocycles. The third-order valence-corrected chi connectivity index (χ3v) is 1.69. The first-order valence-corrected chi connectivity index (χ1v) is 4.66. The van der Waals surface area contributed by atoms with Crippen LogP contribution in [-0.4, -0.2) is 47.4 Å². The number of nitrogens with one attached hydrogen (secondary N) is 1. The fourth-order valence-corrected chi connectivity index (χ4v) is 1.14. The zero-order chi connectivity index (χ0) is 11.8. The van der Waals surface area contributed by atoms with Crippen LogP contribution in [0, 0.1) is 0 Å². The SMILES string of the molecule is CC(=O)O.CC(=O)OC[C@@H]1C[C@@H](O)CN1. The van der Waals surface area contributed by atoms with E-state index in [-0.39, 0.29) is 18.1 Å². The molecule has 1 aliphatic heterocycles. The Kier molecular flexibility index (Phi) is 6.64. The molecule has 1 fully saturated rings. The standard InChI is InChI=1S/C7H13NO3.C2H4O2/c1-5(9)11-4-6-2-7(10)3-8-6;1-2(3)4/h6-8,10H,2-4H2,1H3;1H3,(H,3,4)/t6-,7+;/m0./s1. The Morgan fingerprint density at radius 3 is 2.33 bits per heavy atom. The number of aliphatic carboxylic acids is 1. The van der Waals surface area contributed by atoms with Gasteiger partial charge in [0.05, 0.1) is 6.10 Å². The molecule has 1 rings (SSSR count). The van der Waals surface area contributed by atoms with Gasteiger partial charge in [0.2, 0.25) is 0 Å². The van der Waals surface area contributed by atoms with Crippen LogP contribution in [0.15, 0.2) is 0 Å². The zero-order valence-corrected chi connectivity index (χ0v) is 8.90. The van der Waals surface area contributed by atoms with E-state index in [1.165, 1.54) is 6.92 Å². The summed E-state index contributed by atoms with van der Waals surface area (Å²) >= 11 is 0. The minimum absolute atomic E-state index is 0.133. The first kappa shape index (κ1) is 13.9. The Bertz CT molecular complexity index is 215. The van der Waals surface area contributed by atoms with E-state index in [0.29, 0.717) is 19.6 Å². The number of esters is 1. The molecule has 0 amide bonds. The average Bonchev–Trinajstić information content (AvgIpc) is 2.47. The summed E-state index contributed by atoms with van der Waals surface area (Å²) in [5, 5.41) is 19.5. The predicted molar refractivity (Wildman–Crippen MR) is 52.4 cm³/mol. The maximum absolute atomic E-state index is 10.4. The Labute approximate surface area is 88.2 Å². The molecule has 0 radical (unpaired) electrons. The lowest BCUT2D eigenvalue weighted by atomic mass is 10.2. The Balaban J connectivity index is 0.000000423. The van der Waals surface area contributed by atoms with E-state index in [2.05, 4.69) is 5.32 Å². The fourth-order valence-electron chi connectivity index (χ4n) is 1.14. The van der Waals surface area contributed by atoms with Crippen LogP contribution in [0.1, 0.15) is 20.3 Å². The fraction of sp³-hybridized carbons (Fsp3) is 0.778. The van der Waals surface area contributed by atoms with Gasteiger partial charge in [0.25, 0.3) is 5.97 Å². The predicted octanol–water partition coefficient (Wildman–Crippen LogP) is -0.637. The largest absolute Gasteiger partial charge is 0.481 e. The summed E-state index contributed by atoms with van der Waals surface area (Å²) in [6.45, 7) is 3.43. The summed E-state index contributed by atoms with van der Waals surface area (Å²) in [5.74, 6) is -1.10. The van der Waals surface area contributed by atoms with E-state index in [9.17, 15) is 4.79 Å². The molecule has 3 N–H and O–H groups in total. The summed E-state index contributed by atoms with van der Waals surface area (Å²) in [4.78, 5) is 19.4. The van der Waals surface area contributed by atoms with Crippen molar-refractivity contribution in [3.63, 3.8) is 0 Å². The van der Waals surface area contributed by atoms with Gasteiger partial charge in [-0.1, -0.05) is 0 Å². The maximum atomic E-state index is 10.4. The number of ether oxygens (including phenoxy) is 1. The van der Waals surface area contributed by atoms with Gasteiger partial charge in [0.1, 0.15) is 6.61 Å². The molecule has 6 nitrogen and oxygen atoms in total. The maximum Gasteiger partial charge on any atom is 0.302 e. The molecule has 0 aromatic rings. The molecular weight excluding hydrogens is 202 g/mol. The molecular formula is C9H17NO5. The second-order valence-corrected chi connectivity index (χ2v) is 3.32. The summed E-state index contributed by atoms with van der Waals surface area (Å²) in [7, 11) is 0. The molecule has 0 spiro atoms. The van der Waals surface area contributed by atoms with Crippen LogP contribution >= 0.6 is 0 Å². The normalized spacial score (nSPS) is 23.9. The van der Waals surface area contributed by atoms with Gasteiger partial charge in [-0.15, -0.1) is 0 Å². The average molecular weight is 219 g/mol. The number of hydrogen-bond donors (Lipinski definition) is 3. The summed E-state index contributed by atoms with van der Waals surface area (Å²) in [6, 6.07) is 0.133. The minimum Gasteiger partial charge on any atom is -0.481 e. The van der Waals surface area contributed by atoms with Gasteiger partial charge in [-0.25, -0.2) is 0 Å². The van der Waals surface area contributed by atoms with Gasteiger partial charge in [0, 0.05) is 26.4 Å². The number of aliphatic hydroxyl groups excluding tert-OH is 1. The third-order valence-electron chi connectivity index (χ3n) is 1.69. The Morgan fingerprint density at radius 1 is 1.47 bits per heavy atom. The van der Waals surface area contributed by atoms with E-state index in [0.717, 1.165) is 6.92 Å². The summed E-state index contributed by atoms with van der Waals surface area (Å²) in [5.41, 5.74) is 0. The molecule has 88 valence electrons. The van der Waals surface area contributed by atoms with Gasteiger partial charge in [-0.05, 0) is 6.42 Å². The molecule has 0 aromatic carbocycles. The topological polar surface area (TPSA) is 95.9 Å². The van der Waals surface area contributed by atoms with Crippen LogP contribution in [-0.2, 0) is 14.3 Å². The van der Waals surface area contributed by atoms with E-state index in [1.807, 2.05) is 0 Å². The van der Waals surface area contributed by atoms with Crippen LogP contribution in [0.3, 0.4) is 0 Å². The molecule has 1 aliphatic rings. The second-order valence-electron chi connectivity index (χ2n) is 3.32. The van der Waals surface area contributed by atoms with Crippen molar-refractivity contribution in [1.82, 2.24) is 5.32 Å². The van der Waals surface area contributed by atoms with Crippen molar-refractivity contribution in [1.29, 1.82) is 0 Å². The van der Waals surface area contributed by atoms with Crippen LogP contribution in [0.4, 0.5) is 0 Å². The number of rotatable bonds is 2. The summed E-state index contributed by atoms with van der Waals surface area (Å²) in [6.07, 6.45) is 0.392. The number of carbonyl (C=O) groups excluding carboxylic acids is 1. The molecule has 15 heavy (non-hydrogen) atoms. The Morgan fingerprint density at radius 2 is 2.00 bits per heavy atom. The number of carboxylic acids is 1. The number of carboxylic acid groups (broad SMARTS) is 1. The van der Waals surface area contributed by atoms with Gasteiger partial charge in [-0.2, -0.15) is 0 Å². The smallest absolute Gasteiger partial charge is 0.302 e. The van der Waals surface area contributed by atoms with Gasteiger partial charge < -0.3 is 20.3 Å². The molecule has 1 heterocycles. The molecule has 0 aromatic heterocycles. The highest BCUT2D eigenvalue weighted by molar-refractivity contribution is 5.65. The van der Waals surface area contributed by atoms with Crippen molar-refractivity contribution in [2.75, 3.05) is 13.2 Å². The van der Waals surface area contributed by atoms with Crippen molar-refractivity contribution in [3.8, 4) is 0 Å². The van der Waals surface area contributed by atoms with Crippen LogP contribution < -0.4 is 5.32 Å². The van der Waals surface area contributed by atoms with Gasteiger partial charge in [0.15, 0.2) is 0 Å². The molecule has 1 saturated heterocycles. The van der Waals surface area contributed by atoms with Crippen LogP contribution in [0.2, 0.25) is 0 Å². The Hall–Kier alpha value is -1.14. The zero-order valence-electron chi connectivity index (χ0n) is 8.90. The quantitative estimate of drug-likeness (QED) is 0.535. The molecule has 2 atom stereocenters. The number of hydrogen-bond acceptors (Lipinski definition) is 5. The summed E-state index contributed by atoms with van der Waals surface area (Å²) < 4.78 is 4.76. The molecule has 0 aliphatic carbocycles. The molecule has 6 heteroatoms. The lowest BCUT2D eigenvalue weighted by molar-refractivity contribution is -0.141. The first-order chi connectivity index (χ1) is 6.91. The lowest BCUT2D eigenvalue weighted by Gasteiger charge is -2.08. The molecule has 0 bridgehead atoms. The highest BCUT2D eigenvalue weighted by atomic mass is 16.5. The van der Waals surface area contributed by atoms with Crippen molar-refractivity contribution < 1.29 is 24.5 Å². The van der Waals surface area contributed by atoms with E-state index in [1.54, 1.807) is 0 Å².